The average Bonchev–Trinajstić information content (AvgIpc) is 2.53. The predicted octanol–water partition coefficient (Wildman–Crippen LogP) is 2.61. The Morgan fingerprint density at radius 3 is 2.19 bits per heavy atom. The van der Waals surface area contributed by atoms with E-state index in [0.717, 1.165) is 18.4 Å². The molecule has 0 aliphatic heterocycles. The monoisotopic (exact) mass is 292 g/mol. The summed E-state index contributed by atoms with van der Waals surface area (Å²) in [4.78, 5) is 15.0. The highest BCUT2D eigenvalue weighted by Gasteiger charge is 2.20. The number of rotatable bonds is 6. The predicted molar refractivity (Wildman–Crippen MR) is 87.9 cm³/mol. The summed E-state index contributed by atoms with van der Waals surface area (Å²) in [6, 6.07) is 0. The fourth-order valence-corrected chi connectivity index (χ4v) is 2.84. The summed E-state index contributed by atoms with van der Waals surface area (Å²) >= 11 is 0. The number of aromatic nitrogens is 3. The number of nitrogens with zero attached hydrogens (tertiary/aromatic N) is 4. The fourth-order valence-electron chi connectivity index (χ4n) is 2.84. The number of hydrogen-bond donors (Lipinski definition) is 2. The van der Waals surface area contributed by atoms with Crippen molar-refractivity contribution in [2.45, 2.75) is 39.0 Å². The third-order valence-corrected chi connectivity index (χ3v) is 4.34. The zero-order chi connectivity index (χ0) is 15.2. The van der Waals surface area contributed by atoms with Crippen LogP contribution in [-0.2, 0) is 0 Å². The summed E-state index contributed by atoms with van der Waals surface area (Å²) in [5.41, 5.74) is 0. The normalized spacial score (nSPS) is 21.9. The van der Waals surface area contributed by atoms with Gasteiger partial charge in [0.2, 0.25) is 17.8 Å². The maximum Gasteiger partial charge on any atom is 0.231 e. The van der Waals surface area contributed by atoms with E-state index in [1.54, 1.807) is 0 Å². The van der Waals surface area contributed by atoms with Crippen LogP contribution < -0.4 is 15.5 Å². The molecule has 0 aromatic carbocycles. The Morgan fingerprint density at radius 2 is 1.62 bits per heavy atom. The Hall–Kier alpha value is -1.59. The fraction of sp³-hybridized carbons (Fsp3) is 0.800. The van der Waals surface area contributed by atoms with Crippen LogP contribution in [0.25, 0.3) is 0 Å². The molecule has 0 unspecified atom stereocenters. The zero-order valence-corrected chi connectivity index (χ0v) is 13.7. The van der Waals surface area contributed by atoms with Crippen molar-refractivity contribution in [3.8, 4) is 0 Å². The molecule has 0 atom stereocenters. The van der Waals surface area contributed by atoms with Crippen molar-refractivity contribution >= 4 is 17.8 Å². The van der Waals surface area contributed by atoms with Gasteiger partial charge in [0, 0.05) is 27.7 Å². The summed E-state index contributed by atoms with van der Waals surface area (Å²) in [7, 11) is 5.69. The first-order valence-corrected chi connectivity index (χ1v) is 7.97. The van der Waals surface area contributed by atoms with Crippen LogP contribution in [0, 0.1) is 11.8 Å². The standard InChI is InChI=1S/C15H28N6/c1-5-11-6-8-12(9-7-11)10-17-14-18-13(16-2)19-15(20-14)21(3)4/h11-12H,5-10H2,1-4H3,(H2,16,17,18,19,20). The van der Waals surface area contributed by atoms with E-state index in [2.05, 4.69) is 32.5 Å². The van der Waals surface area contributed by atoms with Gasteiger partial charge in [-0.2, -0.15) is 15.0 Å². The van der Waals surface area contributed by atoms with Crippen LogP contribution in [0.1, 0.15) is 39.0 Å². The van der Waals surface area contributed by atoms with Gasteiger partial charge in [0.15, 0.2) is 0 Å². The molecule has 0 saturated heterocycles. The third kappa shape index (κ3) is 4.44. The van der Waals surface area contributed by atoms with E-state index in [4.69, 9.17) is 0 Å². The summed E-state index contributed by atoms with van der Waals surface area (Å²) in [6.07, 6.45) is 6.69. The van der Waals surface area contributed by atoms with E-state index in [9.17, 15) is 0 Å². The van der Waals surface area contributed by atoms with E-state index in [-0.39, 0.29) is 0 Å². The largest absolute Gasteiger partial charge is 0.357 e. The van der Waals surface area contributed by atoms with Crippen molar-refractivity contribution < 1.29 is 0 Å². The lowest BCUT2D eigenvalue weighted by atomic mass is 9.81. The quantitative estimate of drug-likeness (QED) is 0.840. The molecule has 1 fully saturated rings. The highest BCUT2D eigenvalue weighted by atomic mass is 15.3. The highest BCUT2D eigenvalue weighted by molar-refractivity contribution is 5.42. The van der Waals surface area contributed by atoms with Crippen LogP contribution in [0.4, 0.5) is 17.8 Å². The van der Waals surface area contributed by atoms with Crippen LogP contribution in [0.3, 0.4) is 0 Å². The van der Waals surface area contributed by atoms with Gasteiger partial charge >= 0.3 is 0 Å². The van der Waals surface area contributed by atoms with Crippen LogP contribution in [0.2, 0.25) is 0 Å². The van der Waals surface area contributed by atoms with Crippen molar-refractivity contribution in [3.63, 3.8) is 0 Å². The molecule has 6 heteroatoms. The molecule has 1 heterocycles. The zero-order valence-electron chi connectivity index (χ0n) is 13.7. The molecule has 1 saturated carbocycles. The van der Waals surface area contributed by atoms with E-state index >= 15 is 0 Å². The minimum absolute atomic E-state index is 0.603. The Labute approximate surface area is 127 Å². The topological polar surface area (TPSA) is 66.0 Å². The first-order chi connectivity index (χ1) is 10.1. The summed E-state index contributed by atoms with van der Waals surface area (Å²) < 4.78 is 0. The van der Waals surface area contributed by atoms with Crippen molar-refractivity contribution in [1.29, 1.82) is 0 Å². The van der Waals surface area contributed by atoms with Gasteiger partial charge < -0.3 is 15.5 Å². The van der Waals surface area contributed by atoms with Gasteiger partial charge in [-0.1, -0.05) is 26.2 Å². The van der Waals surface area contributed by atoms with Crippen molar-refractivity contribution in [3.05, 3.63) is 0 Å². The maximum absolute atomic E-state index is 4.45. The second-order valence-electron chi connectivity index (χ2n) is 6.10. The van der Waals surface area contributed by atoms with Gasteiger partial charge in [0.1, 0.15) is 0 Å². The second-order valence-corrected chi connectivity index (χ2v) is 6.10. The minimum Gasteiger partial charge on any atom is -0.357 e. The molecule has 6 nitrogen and oxygen atoms in total. The summed E-state index contributed by atoms with van der Waals surface area (Å²) in [5.74, 6) is 3.62. The van der Waals surface area contributed by atoms with E-state index in [0.29, 0.717) is 17.8 Å². The number of anilines is 3. The first-order valence-electron chi connectivity index (χ1n) is 7.97. The Kier molecular flexibility index (Phi) is 5.59. The van der Waals surface area contributed by atoms with Crippen molar-refractivity contribution in [2.75, 3.05) is 43.2 Å². The Morgan fingerprint density at radius 1 is 1.00 bits per heavy atom. The average molecular weight is 292 g/mol. The maximum atomic E-state index is 4.45. The lowest BCUT2D eigenvalue weighted by molar-refractivity contribution is 0.278. The SMILES string of the molecule is CCC1CCC(CNc2nc(NC)nc(N(C)C)n2)CC1. The minimum atomic E-state index is 0.603. The lowest BCUT2D eigenvalue weighted by Gasteiger charge is -2.27. The summed E-state index contributed by atoms with van der Waals surface area (Å²) in [6.45, 7) is 3.26. The van der Waals surface area contributed by atoms with E-state index < -0.39 is 0 Å². The third-order valence-electron chi connectivity index (χ3n) is 4.34. The smallest absolute Gasteiger partial charge is 0.231 e. The van der Waals surface area contributed by atoms with E-state index in [1.165, 1.54) is 32.1 Å². The Balaban J connectivity index is 1.92. The highest BCUT2D eigenvalue weighted by Crippen LogP contribution is 2.30. The molecule has 2 rings (SSSR count). The molecular formula is C15H28N6. The molecule has 21 heavy (non-hydrogen) atoms. The van der Waals surface area contributed by atoms with Crippen molar-refractivity contribution in [1.82, 2.24) is 15.0 Å². The second kappa shape index (κ2) is 7.43. The van der Waals surface area contributed by atoms with Gasteiger partial charge in [0.25, 0.3) is 0 Å². The van der Waals surface area contributed by atoms with Crippen LogP contribution in [0.15, 0.2) is 0 Å². The molecule has 0 amide bonds. The molecule has 118 valence electrons. The molecule has 1 aliphatic carbocycles. The molecule has 0 spiro atoms. The van der Waals surface area contributed by atoms with Gasteiger partial charge in [-0.25, -0.2) is 0 Å². The van der Waals surface area contributed by atoms with Crippen LogP contribution >= 0.6 is 0 Å². The number of nitrogens with one attached hydrogen (secondary N) is 2. The molecule has 1 aromatic heterocycles. The lowest BCUT2D eigenvalue weighted by Crippen LogP contribution is -2.22. The van der Waals surface area contributed by atoms with Crippen LogP contribution in [-0.4, -0.2) is 42.6 Å². The molecule has 0 radical (unpaired) electrons. The Bertz CT molecular complexity index is 440. The van der Waals surface area contributed by atoms with Gasteiger partial charge in [-0.3, -0.25) is 0 Å². The molecule has 0 bridgehead atoms. The van der Waals surface area contributed by atoms with Crippen molar-refractivity contribution in [2.24, 2.45) is 11.8 Å². The van der Waals surface area contributed by atoms with Gasteiger partial charge in [-0.05, 0) is 24.7 Å². The van der Waals surface area contributed by atoms with Gasteiger partial charge in [0.05, 0.1) is 0 Å². The molecule has 1 aliphatic rings. The van der Waals surface area contributed by atoms with E-state index in [1.807, 2.05) is 26.0 Å². The first kappa shape index (κ1) is 15.8. The van der Waals surface area contributed by atoms with Gasteiger partial charge in [-0.15, -0.1) is 0 Å². The molecular weight excluding hydrogens is 264 g/mol. The summed E-state index contributed by atoms with van der Waals surface area (Å²) in [5, 5.41) is 6.37. The number of hydrogen-bond acceptors (Lipinski definition) is 6. The van der Waals surface area contributed by atoms with Crippen LogP contribution in [0.5, 0.6) is 0 Å². The molecule has 1 aromatic rings. The molecule has 2 N–H and O–H groups in total.